The molecule has 1 amide bonds. The molecular weight excluding hydrogens is 400 g/mol. The van der Waals surface area contributed by atoms with E-state index in [0.717, 1.165) is 44.7 Å². The second-order valence-corrected chi connectivity index (χ2v) is 9.40. The van der Waals surface area contributed by atoms with Crippen LogP contribution in [0.4, 0.5) is 5.69 Å². The first-order chi connectivity index (χ1) is 14.3. The van der Waals surface area contributed by atoms with E-state index in [1.807, 2.05) is 6.92 Å². The van der Waals surface area contributed by atoms with E-state index in [1.165, 1.54) is 0 Å². The highest BCUT2D eigenvalue weighted by Gasteiger charge is 2.18. The Morgan fingerprint density at radius 3 is 2.37 bits per heavy atom. The minimum Gasteiger partial charge on any atom is -0.352 e. The number of nitrogens with one attached hydrogen (secondary N) is 2. The number of anilines is 1. The SMILES string of the molecule is Cc1ccc(S(=O)(=O)Nc2ccccc2C(=O)NCCCN2CCN(C)CC2)cc1. The minimum absolute atomic E-state index is 0.162. The molecule has 1 heterocycles. The summed E-state index contributed by atoms with van der Waals surface area (Å²) < 4.78 is 27.9. The zero-order chi connectivity index (χ0) is 21.6. The molecule has 2 aromatic carbocycles. The van der Waals surface area contributed by atoms with E-state index >= 15 is 0 Å². The number of sulfonamides is 1. The summed E-state index contributed by atoms with van der Waals surface area (Å²) in [7, 11) is -1.64. The zero-order valence-electron chi connectivity index (χ0n) is 17.6. The summed E-state index contributed by atoms with van der Waals surface area (Å²) in [6.45, 7) is 7.62. The first-order valence-electron chi connectivity index (χ1n) is 10.2. The van der Waals surface area contributed by atoms with Gasteiger partial charge in [0.1, 0.15) is 0 Å². The molecule has 0 radical (unpaired) electrons. The zero-order valence-corrected chi connectivity index (χ0v) is 18.4. The van der Waals surface area contributed by atoms with Crippen LogP contribution in [0.5, 0.6) is 0 Å². The summed E-state index contributed by atoms with van der Waals surface area (Å²) in [5, 5.41) is 2.91. The number of hydrogen-bond donors (Lipinski definition) is 2. The van der Waals surface area contributed by atoms with Crippen LogP contribution in [-0.4, -0.2) is 70.4 Å². The number of aryl methyl sites for hydroxylation is 1. The van der Waals surface area contributed by atoms with Crippen molar-refractivity contribution in [3.8, 4) is 0 Å². The van der Waals surface area contributed by atoms with Gasteiger partial charge < -0.3 is 15.1 Å². The normalized spacial score (nSPS) is 15.7. The molecule has 30 heavy (non-hydrogen) atoms. The van der Waals surface area contributed by atoms with Gasteiger partial charge in [-0.2, -0.15) is 0 Å². The van der Waals surface area contributed by atoms with Crippen molar-refractivity contribution in [2.45, 2.75) is 18.2 Å². The predicted octanol–water partition coefficient (Wildman–Crippen LogP) is 2.16. The summed E-state index contributed by atoms with van der Waals surface area (Å²) in [4.78, 5) is 17.5. The number of nitrogens with zero attached hydrogens (tertiary/aromatic N) is 2. The lowest BCUT2D eigenvalue weighted by atomic mass is 10.1. The van der Waals surface area contributed by atoms with Crippen molar-refractivity contribution in [2.75, 3.05) is 51.0 Å². The highest BCUT2D eigenvalue weighted by molar-refractivity contribution is 7.92. The summed E-state index contributed by atoms with van der Waals surface area (Å²) in [6.07, 6.45) is 0.854. The molecule has 0 aromatic heterocycles. The van der Waals surface area contributed by atoms with Gasteiger partial charge in [-0.1, -0.05) is 29.8 Å². The molecule has 1 aliphatic heterocycles. The number of carbonyl (C=O) groups excluding carboxylic acids is 1. The van der Waals surface area contributed by atoms with Gasteiger partial charge in [0, 0.05) is 32.7 Å². The lowest BCUT2D eigenvalue weighted by molar-refractivity contribution is 0.0950. The quantitative estimate of drug-likeness (QED) is 0.628. The average molecular weight is 431 g/mol. The van der Waals surface area contributed by atoms with Gasteiger partial charge in [-0.25, -0.2) is 8.42 Å². The molecule has 1 fully saturated rings. The number of amides is 1. The number of hydrogen-bond acceptors (Lipinski definition) is 5. The fourth-order valence-corrected chi connectivity index (χ4v) is 4.44. The molecule has 0 saturated carbocycles. The van der Waals surface area contributed by atoms with Crippen LogP contribution < -0.4 is 10.0 Å². The third-order valence-corrected chi connectivity index (χ3v) is 6.66. The Hall–Kier alpha value is -2.42. The Morgan fingerprint density at radius 2 is 1.67 bits per heavy atom. The Morgan fingerprint density at radius 1 is 1.00 bits per heavy atom. The lowest BCUT2D eigenvalue weighted by Crippen LogP contribution is -2.45. The first-order valence-corrected chi connectivity index (χ1v) is 11.7. The molecular formula is C22H30N4O3S. The Balaban J connectivity index is 1.57. The number of carbonyl (C=O) groups is 1. The smallest absolute Gasteiger partial charge is 0.261 e. The minimum atomic E-state index is -3.77. The van der Waals surface area contributed by atoms with Gasteiger partial charge in [0.25, 0.3) is 15.9 Å². The highest BCUT2D eigenvalue weighted by atomic mass is 32.2. The van der Waals surface area contributed by atoms with Gasteiger partial charge in [0.05, 0.1) is 16.1 Å². The highest BCUT2D eigenvalue weighted by Crippen LogP contribution is 2.20. The van der Waals surface area contributed by atoms with E-state index < -0.39 is 10.0 Å². The number of piperazine rings is 1. The number of rotatable bonds is 8. The van der Waals surface area contributed by atoms with E-state index in [-0.39, 0.29) is 16.5 Å². The van der Waals surface area contributed by atoms with Crippen molar-refractivity contribution in [2.24, 2.45) is 0 Å². The summed E-state index contributed by atoms with van der Waals surface area (Å²) >= 11 is 0. The third kappa shape index (κ3) is 6.04. The van der Waals surface area contributed by atoms with Gasteiger partial charge in [0.15, 0.2) is 0 Å². The fourth-order valence-electron chi connectivity index (χ4n) is 3.36. The van der Waals surface area contributed by atoms with E-state index in [0.29, 0.717) is 12.1 Å². The first kappa shape index (κ1) is 22.3. The van der Waals surface area contributed by atoms with Crippen LogP contribution >= 0.6 is 0 Å². The fraction of sp³-hybridized carbons (Fsp3) is 0.409. The summed E-state index contributed by atoms with van der Waals surface area (Å²) in [5.74, 6) is -0.282. The summed E-state index contributed by atoms with van der Waals surface area (Å²) in [6, 6.07) is 13.3. The molecule has 0 aliphatic carbocycles. The lowest BCUT2D eigenvalue weighted by Gasteiger charge is -2.32. The van der Waals surface area contributed by atoms with E-state index in [2.05, 4.69) is 26.9 Å². The van der Waals surface area contributed by atoms with Crippen molar-refractivity contribution < 1.29 is 13.2 Å². The molecule has 2 N–H and O–H groups in total. The molecule has 0 bridgehead atoms. The Kier molecular flexibility index (Phi) is 7.47. The number of para-hydroxylation sites is 1. The molecule has 3 rings (SSSR count). The maximum absolute atomic E-state index is 12.7. The van der Waals surface area contributed by atoms with Crippen LogP contribution in [0.15, 0.2) is 53.4 Å². The van der Waals surface area contributed by atoms with Crippen molar-refractivity contribution in [1.82, 2.24) is 15.1 Å². The van der Waals surface area contributed by atoms with Gasteiger partial charge in [-0.3, -0.25) is 9.52 Å². The van der Waals surface area contributed by atoms with Gasteiger partial charge >= 0.3 is 0 Å². The molecule has 7 nitrogen and oxygen atoms in total. The molecule has 8 heteroatoms. The second-order valence-electron chi connectivity index (χ2n) is 7.72. The van der Waals surface area contributed by atoms with Gasteiger partial charge in [-0.05, 0) is 51.2 Å². The second kappa shape index (κ2) is 10.1. The number of likely N-dealkylation sites (N-methyl/N-ethyl adjacent to an activating group) is 1. The van der Waals surface area contributed by atoms with Crippen LogP contribution in [0.2, 0.25) is 0 Å². The predicted molar refractivity (Wildman–Crippen MR) is 119 cm³/mol. The van der Waals surface area contributed by atoms with Crippen LogP contribution in [0.25, 0.3) is 0 Å². The molecule has 2 aromatic rings. The van der Waals surface area contributed by atoms with Crippen LogP contribution in [0.3, 0.4) is 0 Å². The Bertz CT molecular complexity index is 953. The van der Waals surface area contributed by atoms with E-state index in [4.69, 9.17) is 0 Å². The van der Waals surface area contributed by atoms with E-state index in [1.54, 1.807) is 48.5 Å². The topological polar surface area (TPSA) is 81.7 Å². The number of benzene rings is 2. The van der Waals surface area contributed by atoms with Gasteiger partial charge in [-0.15, -0.1) is 0 Å². The third-order valence-electron chi connectivity index (χ3n) is 5.28. The van der Waals surface area contributed by atoms with Crippen molar-refractivity contribution in [1.29, 1.82) is 0 Å². The van der Waals surface area contributed by atoms with Crippen molar-refractivity contribution >= 4 is 21.6 Å². The molecule has 0 atom stereocenters. The largest absolute Gasteiger partial charge is 0.352 e. The van der Waals surface area contributed by atoms with Crippen LogP contribution in [0.1, 0.15) is 22.3 Å². The van der Waals surface area contributed by atoms with Gasteiger partial charge in [0.2, 0.25) is 0 Å². The molecule has 1 aliphatic rings. The molecule has 0 unspecified atom stereocenters. The molecule has 0 spiro atoms. The average Bonchev–Trinajstić information content (AvgIpc) is 2.73. The molecule has 1 saturated heterocycles. The van der Waals surface area contributed by atoms with Crippen LogP contribution in [-0.2, 0) is 10.0 Å². The standard InChI is InChI=1S/C22H30N4O3S/c1-18-8-10-19(11-9-18)30(28,29)24-21-7-4-3-6-20(21)22(27)23-12-5-13-26-16-14-25(2)15-17-26/h3-4,6-11,24H,5,12-17H2,1-2H3,(H,23,27). The Labute approximate surface area is 179 Å². The molecule has 162 valence electrons. The maximum atomic E-state index is 12.7. The monoisotopic (exact) mass is 430 g/mol. The van der Waals surface area contributed by atoms with Crippen LogP contribution in [0, 0.1) is 6.92 Å². The summed E-state index contributed by atoms with van der Waals surface area (Å²) in [5.41, 5.74) is 1.56. The van der Waals surface area contributed by atoms with E-state index in [9.17, 15) is 13.2 Å². The maximum Gasteiger partial charge on any atom is 0.261 e. The van der Waals surface area contributed by atoms with Crippen molar-refractivity contribution in [3.63, 3.8) is 0 Å². The van der Waals surface area contributed by atoms with Crippen molar-refractivity contribution in [3.05, 3.63) is 59.7 Å².